The second-order valence-electron chi connectivity index (χ2n) is 1.80. The molecule has 6 nitrogen and oxygen atoms in total. The SMILES string of the molecule is NNC(=O)NC(=O)c1cscn1. The summed E-state index contributed by atoms with van der Waals surface area (Å²) in [7, 11) is 0. The van der Waals surface area contributed by atoms with Crippen LogP contribution in [0.5, 0.6) is 0 Å². The lowest BCUT2D eigenvalue weighted by molar-refractivity contribution is 0.0960. The van der Waals surface area contributed by atoms with Gasteiger partial charge < -0.3 is 0 Å². The van der Waals surface area contributed by atoms with Crippen LogP contribution in [0.25, 0.3) is 0 Å². The Morgan fingerprint density at radius 3 is 2.83 bits per heavy atom. The first-order valence-corrected chi connectivity index (χ1v) is 3.88. The molecule has 1 aromatic heterocycles. The van der Waals surface area contributed by atoms with Gasteiger partial charge >= 0.3 is 6.03 Å². The Bertz CT molecular complexity index is 284. The summed E-state index contributed by atoms with van der Waals surface area (Å²) >= 11 is 1.27. The van der Waals surface area contributed by atoms with Gasteiger partial charge in [0.2, 0.25) is 0 Å². The van der Waals surface area contributed by atoms with Crippen LogP contribution in [0.3, 0.4) is 0 Å². The highest BCUT2D eigenvalue weighted by atomic mass is 32.1. The number of urea groups is 1. The molecule has 1 aromatic rings. The lowest BCUT2D eigenvalue weighted by atomic mass is 10.5. The van der Waals surface area contributed by atoms with E-state index in [1.54, 1.807) is 5.43 Å². The highest BCUT2D eigenvalue weighted by Gasteiger charge is 2.09. The molecule has 0 atom stereocenters. The Morgan fingerprint density at radius 1 is 1.58 bits per heavy atom. The van der Waals surface area contributed by atoms with Crippen LogP contribution < -0.4 is 16.6 Å². The van der Waals surface area contributed by atoms with Crippen LogP contribution in [0.4, 0.5) is 4.79 Å². The Kier molecular flexibility index (Phi) is 2.72. The van der Waals surface area contributed by atoms with Gasteiger partial charge in [-0.25, -0.2) is 15.6 Å². The lowest BCUT2D eigenvalue weighted by Crippen LogP contribution is -2.43. The standard InChI is InChI=1S/C5H6N4O2S/c6-9-5(11)8-4(10)3-1-12-2-7-3/h1-2H,6H2,(H2,8,9,10,11). The molecule has 1 heterocycles. The fraction of sp³-hybridized carbons (Fsp3) is 0. The van der Waals surface area contributed by atoms with Crippen LogP contribution in [0, 0.1) is 0 Å². The van der Waals surface area contributed by atoms with Gasteiger partial charge in [-0.05, 0) is 0 Å². The molecule has 0 saturated carbocycles. The van der Waals surface area contributed by atoms with Crippen LogP contribution in [-0.2, 0) is 0 Å². The average Bonchev–Trinajstić information content (AvgIpc) is 2.56. The monoisotopic (exact) mass is 186 g/mol. The molecule has 0 aromatic carbocycles. The average molecular weight is 186 g/mol. The lowest BCUT2D eigenvalue weighted by Gasteiger charge is -1.98. The maximum Gasteiger partial charge on any atom is 0.335 e. The normalized spacial score (nSPS) is 9.08. The Labute approximate surface area is 71.8 Å². The largest absolute Gasteiger partial charge is 0.335 e. The van der Waals surface area contributed by atoms with E-state index in [4.69, 9.17) is 5.84 Å². The summed E-state index contributed by atoms with van der Waals surface area (Å²) in [5.41, 5.74) is 3.46. The molecule has 0 spiro atoms. The Balaban J connectivity index is 2.56. The Morgan fingerprint density at radius 2 is 2.33 bits per heavy atom. The van der Waals surface area contributed by atoms with E-state index in [1.807, 2.05) is 5.32 Å². The van der Waals surface area contributed by atoms with E-state index in [9.17, 15) is 9.59 Å². The van der Waals surface area contributed by atoms with Gasteiger partial charge in [0, 0.05) is 5.38 Å². The molecule has 0 radical (unpaired) electrons. The second kappa shape index (κ2) is 3.79. The summed E-state index contributed by atoms with van der Waals surface area (Å²) < 4.78 is 0. The van der Waals surface area contributed by atoms with Crippen LogP contribution in [0.1, 0.15) is 10.5 Å². The van der Waals surface area contributed by atoms with E-state index in [-0.39, 0.29) is 5.69 Å². The molecule has 64 valence electrons. The van der Waals surface area contributed by atoms with Crippen LogP contribution >= 0.6 is 11.3 Å². The van der Waals surface area contributed by atoms with E-state index in [2.05, 4.69) is 4.98 Å². The summed E-state index contributed by atoms with van der Waals surface area (Å²) in [6.45, 7) is 0. The fourth-order valence-electron chi connectivity index (χ4n) is 0.528. The third-order valence-electron chi connectivity index (χ3n) is 1.02. The zero-order chi connectivity index (χ0) is 8.97. The molecule has 0 aliphatic rings. The van der Waals surface area contributed by atoms with Crippen LogP contribution in [0.15, 0.2) is 10.9 Å². The van der Waals surface area contributed by atoms with E-state index in [1.165, 1.54) is 22.2 Å². The second-order valence-corrected chi connectivity index (χ2v) is 2.52. The molecule has 7 heteroatoms. The molecule has 0 aliphatic carbocycles. The van der Waals surface area contributed by atoms with Crippen molar-refractivity contribution in [2.24, 2.45) is 5.84 Å². The maximum absolute atomic E-state index is 11.0. The molecule has 0 fully saturated rings. The van der Waals surface area contributed by atoms with Crippen molar-refractivity contribution in [1.29, 1.82) is 0 Å². The van der Waals surface area contributed by atoms with Crippen LogP contribution in [-0.4, -0.2) is 16.9 Å². The number of nitrogens with zero attached hydrogens (tertiary/aromatic N) is 1. The first kappa shape index (κ1) is 8.62. The minimum atomic E-state index is -0.756. The van der Waals surface area contributed by atoms with Gasteiger partial charge in [0.05, 0.1) is 5.51 Å². The number of aromatic nitrogens is 1. The first-order valence-electron chi connectivity index (χ1n) is 2.94. The van der Waals surface area contributed by atoms with Crippen molar-refractivity contribution >= 4 is 23.3 Å². The van der Waals surface area contributed by atoms with Crippen molar-refractivity contribution in [3.05, 3.63) is 16.6 Å². The van der Waals surface area contributed by atoms with Gasteiger partial charge in [-0.15, -0.1) is 11.3 Å². The topological polar surface area (TPSA) is 97.1 Å². The van der Waals surface area contributed by atoms with Gasteiger partial charge in [0.25, 0.3) is 5.91 Å². The zero-order valence-corrected chi connectivity index (χ0v) is 6.72. The predicted molar refractivity (Wildman–Crippen MR) is 42.3 cm³/mol. The molecule has 0 unspecified atom stereocenters. The van der Waals surface area contributed by atoms with E-state index in [0.717, 1.165) is 0 Å². The van der Waals surface area contributed by atoms with E-state index >= 15 is 0 Å². The molecule has 0 bridgehead atoms. The predicted octanol–water partition coefficient (Wildman–Crippen LogP) is -0.544. The highest BCUT2D eigenvalue weighted by Crippen LogP contribution is 1.99. The van der Waals surface area contributed by atoms with E-state index in [0.29, 0.717) is 0 Å². The smallest absolute Gasteiger partial charge is 0.276 e. The molecular formula is C5H6N4O2S. The molecule has 1 rings (SSSR count). The fourth-order valence-corrected chi connectivity index (χ4v) is 1.06. The summed E-state index contributed by atoms with van der Waals surface area (Å²) in [5, 5.41) is 3.49. The van der Waals surface area contributed by atoms with Gasteiger partial charge in [0.15, 0.2) is 0 Å². The molecule has 0 saturated heterocycles. The summed E-state index contributed by atoms with van der Waals surface area (Å²) in [6, 6.07) is -0.756. The molecule has 12 heavy (non-hydrogen) atoms. The van der Waals surface area contributed by atoms with Gasteiger partial charge in [-0.3, -0.25) is 15.5 Å². The van der Waals surface area contributed by atoms with Gasteiger partial charge in [-0.1, -0.05) is 0 Å². The number of thiazole rings is 1. The third kappa shape index (κ3) is 2.01. The number of amides is 3. The van der Waals surface area contributed by atoms with Crippen molar-refractivity contribution in [3.8, 4) is 0 Å². The van der Waals surface area contributed by atoms with Crippen molar-refractivity contribution in [2.45, 2.75) is 0 Å². The number of carbonyl (C=O) groups is 2. The van der Waals surface area contributed by atoms with Crippen molar-refractivity contribution in [2.75, 3.05) is 0 Å². The third-order valence-corrected chi connectivity index (χ3v) is 1.61. The number of imide groups is 1. The number of rotatable bonds is 1. The van der Waals surface area contributed by atoms with Crippen molar-refractivity contribution in [1.82, 2.24) is 15.7 Å². The number of hydrogen-bond donors (Lipinski definition) is 3. The summed E-state index contributed by atoms with van der Waals surface area (Å²) in [4.78, 5) is 25.2. The van der Waals surface area contributed by atoms with Crippen LogP contribution in [0.2, 0.25) is 0 Å². The number of nitrogens with two attached hydrogens (primary N) is 1. The number of hydrazine groups is 1. The minimum Gasteiger partial charge on any atom is -0.276 e. The highest BCUT2D eigenvalue weighted by molar-refractivity contribution is 7.07. The first-order chi connectivity index (χ1) is 5.74. The number of nitrogens with one attached hydrogen (secondary N) is 2. The zero-order valence-electron chi connectivity index (χ0n) is 5.90. The van der Waals surface area contributed by atoms with Gasteiger partial charge in [-0.2, -0.15) is 0 Å². The van der Waals surface area contributed by atoms with Crippen molar-refractivity contribution in [3.63, 3.8) is 0 Å². The van der Waals surface area contributed by atoms with Gasteiger partial charge in [0.1, 0.15) is 5.69 Å². The molecule has 4 N–H and O–H groups in total. The molecule has 0 aliphatic heterocycles. The summed E-state index contributed by atoms with van der Waals surface area (Å²) in [6.07, 6.45) is 0. The molecular weight excluding hydrogens is 180 g/mol. The minimum absolute atomic E-state index is 0.198. The maximum atomic E-state index is 11.0. The van der Waals surface area contributed by atoms with Crippen molar-refractivity contribution < 1.29 is 9.59 Å². The van der Waals surface area contributed by atoms with E-state index < -0.39 is 11.9 Å². The summed E-state index contributed by atoms with van der Waals surface area (Å²) in [5.74, 6) is 4.17. The molecule has 3 amide bonds. The number of hydrogen-bond acceptors (Lipinski definition) is 5. The number of carbonyl (C=O) groups excluding carboxylic acids is 2. The quantitative estimate of drug-likeness (QED) is 0.311. The Hall–Kier alpha value is -1.47.